The van der Waals surface area contributed by atoms with Crippen LogP contribution in [-0.4, -0.2) is 22.7 Å². The van der Waals surface area contributed by atoms with Crippen LogP contribution in [0.5, 0.6) is 11.6 Å². The van der Waals surface area contributed by atoms with Crippen molar-refractivity contribution in [1.29, 1.82) is 0 Å². The summed E-state index contributed by atoms with van der Waals surface area (Å²) in [5.41, 5.74) is 1.45. The molecule has 116 valence electrons. The Labute approximate surface area is 132 Å². The number of aromatic hydroxyl groups is 1. The first-order chi connectivity index (χ1) is 11.1. The molecule has 2 aromatic carbocycles. The predicted molar refractivity (Wildman–Crippen MR) is 86.4 cm³/mol. The number of rotatable bonds is 3. The van der Waals surface area contributed by atoms with Crippen LogP contribution in [0.25, 0.3) is 10.9 Å². The van der Waals surface area contributed by atoms with Crippen LogP contribution in [0, 0.1) is 0 Å². The van der Waals surface area contributed by atoms with Crippen LogP contribution in [-0.2, 0) is 7.05 Å². The van der Waals surface area contributed by atoms with Crippen molar-refractivity contribution in [2.45, 2.75) is 0 Å². The van der Waals surface area contributed by atoms with Crippen molar-refractivity contribution in [1.82, 2.24) is 4.57 Å². The van der Waals surface area contributed by atoms with Gasteiger partial charge < -0.3 is 14.4 Å². The molecule has 0 unspecified atom stereocenters. The third-order valence-corrected chi connectivity index (χ3v) is 3.61. The first-order valence-electron chi connectivity index (χ1n) is 6.98. The second-order valence-corrected chi connectivity index (χ2v) is 4.99. The Bertz CT molecular complexity index is 898. The van der Waals surface area contributed by atoms with Crippen molar-refractivity contribution in [3.8, 4) is 11.6 Å². The van der Waals surface area contributed by atoms with Gasteiger partial charge in [0.2, 0.25) is 5.88 Å². The number of azo groups is 1. The minimum Gasteiger partial charge on any atom is -0.497 e. The molecule has 0 spiro atoms. The first-order valence-corrected chi connectivity index (χ1v) is 6.98. The van der Waals surface area contributed by atoms with E-state index in [1.54, 1.807) is 55.1 Å². The Morgan fingerprint density at radius 1 is 1.17 bits per heavy atom. The lowest BCUT2D eigenvalue weighted by Gasteiger charge is -2.00. The highest BCUT2D eigenvalue weighted by Crippen LogP contribution is 2.39. The Balaban J connectivity index is 2.04. The van der Waals surface area contributed by atoms with Gasteiger partial charge in [-0.05, 0) is 30.3 Å². The zero-order chi connectivity index (χ0) is 16.4. The zero-order valence-electron chi connectivity index (χ0n) is 12.7. The summed E-state index contributed by atoms with van der Waals surface area (Å²) < 4.78 is 6.77. The smallest absolute Gasteiger partial charge is 0.295 e. The maximum atomic E-state index is 12.0. The van der Waals surface area contributed by atoms with Gasteiger partial charge >= 0.3 is 0 Å². The Hall–Kier alpha value is -3.15. The summed E-state index contributed by atoms with van der Waals surface area (Å²) >= 11 is 0. The molecule has 0 aliphatic carbocycles. The standard InChI is InChI=1S/C17H15N3O3/c1-20-14-9-8-12(23-2)10-13(14)15(17(20)22)18-19-16(21)11-6-4-3-5-7-11/h3-10,22H,1-2H3. The molecule has 0 saturated carbocycles. The number of ether oxygens (including phenoxy) is 1. The fourth-order valence-electron chi connectivity index (χ4n) is 2.35. The van der Waals surface area contributed by atoms with E-state index in [1.807, 2.05) is 12.1 Å². The average molecular weight is 309 g/mol. The normalized spacial score (nSPS) is 11.2. The number of carbonyl (C=O) groups is 1. The zero-order valence-corrected chi connectivity index (χ0v) is 12.7. The Morgan fingerprint density at radius 2 is 1.91 bits per heavy atom. The Kier molecular flexibility index (Phi) is 3.80. The van der Waals surface area contributed by atoms with Gasteiger partial charge in [-0.1, -0.05) is 18.2 Å². The number of nitrogens with zero attached hydrogens (tertiary/aromatic N) is 3. The molecule has 6 heteroatoms. The summed E-state index contributed by atoms with van der Waals surface area (Å²) in [4.78, 5) is 12.0. The van der Waals surface area contributed by atoms with E-state index < -0.39 is 5.91 Å². The van der Waals surface area contributed by atoms with E-state index in [-0.39, 0.29) is 11.6 Å². The molecule has 0 fully saturated rings. The SMILES string of the molecule is COc1ccc2c(c1)c(N=NC(=O)c1ccccc1)c(O)n2C. The number of benzene rings is 2. The molecule has 0 aliphatic rings. The molecule has 3 aromatic rings. The van der Waals surface area contributed by atoms with Crippen LogP contribution in [0.15, 0.2) is 58.8 Å². The molecule has 1 N–H and O–H groups in total. The van der Waals surface area contributed by atoms with Crippen LogP contribution in [0.4, 0.5) is 5.69 Å². The highest BCUT2D eigenvalue weighted by Gasteiger charge is 2.15. The fraction of sp³-hybridized carbons (Fsp3) is 0.118. The molecule has 0 aliphatic heterocycles. The van der Waals surface area contributed by atoms with E-state index in [4.69, 9.17) is 4.74 Å². The van der Waals surface area contributed by atoms with Gasteiger partial charge in [-0.3, -0.25) is 4.79 Å². The molecule has 0 radical (unpaired) electrons. The van der Waals surface area contributed by atoms with Crippen LogP contribution < -0.4 is 4.74 Å². The van der Waals surface area contributed by atoms with Crippen molar-refractivity contribution < 1.29 is 14.6 Å². The molecule has 6 nitrogen and oxygen atoms in total. The summed E-state index contributed by atoms with van der Waals surface area (Å²) in [7, 11) is 3.27. The quantitative estimate of drug-likeness (QED) is 0.747. The highest BCUT2D eigenvalue weighted by atomic mass is 16.5. The van der Waals surface area contributed by atoms with Crippen molar-refractivity contribution in [2.24, 2.45) is 17.3 Å². The molecular weight excluding hydrogens is 294 g/mol. The fourth-order valence-corrected chi connectivity index (χ4v) is 2.35. The summed E-state index contributed by atoms with van der Waals surface area (Å²) in [6.07, 6.45) is 0. The average Bonchev–Trinajstić information content (AvgIpc) is 2.84. The topological polar surface area (TPSA) is 76.2 Å². The van der Waals surface area contributed by atoms with Crippen molar-refractivity contribution in [2.75, 3.05) is 7.11 Å². The van der Waals surface area contributed by atoms with Crippen LogP contribution in [0.3, 0.4) is 0 Å². The second kappa shape index (κ2) is 5.92. The summed E-state index contributed by atoms with van der Waals surface area (Å²) in [6.45, 7) is 0. The van der Waals surface area contributed by atoms with Gasteiger partial charge in [0.1, 0.15) is 5.75 Å². The van der Waals surface area contributed by atoms with E-state index in [0.29, 0.717) is 16.7 Å². The lowest BCUT2D eigenvalue weighted by atomic mass is 10.2. The van der Waals surface area contributed by atoms with Crippen LogP contribution in [0.2, 0.25) is 0 Å². The highest BCUT2D eigenvalue weighted by molar-refractivity contribution is 5.97. The number of aryl methyl sites for hydroxylation is 1. The number of aromatic nitrogens is 1. The summed E-state index contributed by atoms with van der Waals surface area (Å²) in [5, 5.41) is 18.6. The third kappa shape index (κ3) is 2.66. The van der Waals surface area contributed by atoms with Gasteiger partial charge in [-0.25, -0.2) is 0 Å². The molecule has 1 heterocycles. The molecule has 1 aromatic heterocycles. The number of carbonyl (C=O) groups excluding carboxylic acids is 1. The van der Waals surface area contributed by atoms with Gasteiger partial charge in [0.05, 0.1) is 12.6 Å². The van der Waals surface area contributed by atoms with Gasteiger partial charge in [0.15, 0.2) is 5.69 Å². The summed E-state index contributed by atoms with van der Waals surface area (Å²) in [5.74, 6) is 0.108. The van der Waals surface area contributed by atoms with E-state index in [1.165, 1.54) is 0 Å². The van der Waals surface area contributed by atoms with E-state index in [0.717, 1.165) is 5.52 Å². The first kappa shape index (κ1) is 14.8. The molecular formula is C17H15N3O3. The monoisotopic (exact) mass is 309 g/mol. The maximum absolute atomic E-state index is 12.0. The van der Waals surface area contributed by atoms with Crippen LogP contribution in [0.1, 0.15) is 10.4 Å². The number of hydrogen-bond donors (Lipinski definition) is 1. The number of amides is 1. The minimum atomic E-state index is -0.468. The van der Waals surface area contributed by atoms with Gasteiger partial charge in [0, 0.05) is 18.0 Å². The van der Waals surface area contributed by atoms with Crippen LogP contribution >= 0.6 is 0 Å². The van der Waals surface area contributed by atoms with Gasteiger partial charge in [-0.2, -0.15) is 0 Å². The maximum Gasteiger partial charge on any atom is 0.295 e. The predicted octanol–water partition coefficient (Wildman–Crippen LogP) is 3.82. The van der Waals surface area contributed by atoms with Crippen molar-refractivity contribution in [3.05, 3.63) is 54.1 Å². The van der Waals surface area contributed by atoms with Gasteiger partial charge in [0.25, 0.3) is 5.91 Å². The summed E-state index contributed by atoms with van der Waals surface area (Å²) in [6, 6.07) is 14.0. The minimum absolute atomic E-state index is 0.0575. The molecule has 0 bridgehead atoms. The molecule has 0 saturated heterocycles. The molecule has 0 atom stereocenters. The molecule has 1 amide bonds. The number of hydrogen-bond acceptors (Lipinski definition) is 4. The Morgan fingerprint density at radius 3 is 2.61 bits per heavy atom. The van der Waals surface area contributed by atoms with E-state index >= 15 is 0 Å². The van der Waals surface area contributed by atoms with E-state index in [9.17, 15) is 9.90 Å². The largest absolute Gasteiger partial charge is 0.497 e. The number of methoxy groups -OCH3 is 1. The lowest BCUT2D eigenvalue weighted by molar-refractivity contribution is 0.0995. The third-order valence-electron chi connectivity index (χ3n) is 3.61. The lowest BCUT2D eigenvalue weighted by Crippen LogP contribution is -1.91. The van der Waals surface area contributed by atoms with E-state index in [2.05, 4.69) is 10.2 Å². The molecule has 23 heavy (non-hydrogen) atoms. The molecule has 3 rings (SSSR count). The van der Waals surface area contributed by atoms with Gasteiger partial charge in [-0.15, -0.1) is 10.2 Å². The van der Waals surface area contributed by atoms with Crippen molar-refractivity contribution in [3.63, 3.8) is 0 Å². The number of fused-ring (bicyclic) bond motifs is 1. The van der Waals surface area contributed by atoms with Crippen molar-refractivity contribution >= 4 is 22.5 Å². The second-order valence-electron chi connectivity index (χ2n) is 4.99.